The van der Waals surface area contributed by atoms with E-state index in [-0.39, 0.29) is 12.2 Å². The Bertz CT molecular complexity index is 654. The second-order valence-electron chi connectivity index (χ2n) is 6.61. The number of hydrogen-bond donors (Lipinski definition) is 1. The Morgan fingerprint density at radius 2 is 1.59 bits per heavy atom. The molecule has 0 aliphatic carbocycles. The summed E-state index contributed by atoms with van der Waals surface area (Å²) in [5, 5.41) is 10.2. The van der Waals surface area contributed by atoms with Gasteiger partial charge in [0.05, 0.1) is 38.6 Å². The minimum absolute atomic E-state index is 0.150. The monoisotopic (exact) mass is 370 g/mol. The highest BCUT2D eigenvalue weighted by atomic mass is 16.5. The predicted octanol–water partition coefficient (Wildman–Crippen LogP) is 4.51. The fourth-order valence-corrected chi connectivity index (χ4v) is 2.79. The number of aliphatic hydroxyl groups is 1. The van der Waals surface area contributed by atoms with Crippen LogP contribution >= 0.6 is 0 Å². The maximum absolute atomic E-state index is 10.2. The summed E-state index contributed by atoms with van der Waals surface area (Å²) in [5.41, 5.74) is 2.17. The average molecular weight is 370 g/mol. The van der Waals surface area contributed by atoms with Crippen molar-refractivity contribution in [2.45, 2.75) is 51.3 Å². The molecule has 0 aliphatic heterocycles. The van der Waals surface area contributed by atoms with Crippen molar-refractivity contribution in [1.82, 2.24) is 0 Å². The molecule has 0 bridgehead atoms. The molecule has 4 nitrogen and oxygen atoms in total. The Morgan fingerprint density at radius 1 is 0.963 bits per heavy atom. The molecule has 2 rings (SSSR count). The lowest BCUT2D eigenvalue weighted by atomic mass is 10.0. The van der Waals surface area contributed by atoms with Crippen LogP contribution in [0, 0.1) is 0 Å². The first kappa shape index (κ1) is 21.2. The number of benzene rings is 2. The zero-order valence-corrected chi connectivity index (χ0v) is 16.2. The zero-order valence-electron chi connectivity index (χ0n) is 16.2. The lowest BCUT2D eigenvalue weighted by Crippen LogP contribution is -2.32. The smallest absolute Gasteiger partial charge is 0.118 e. The van der Waals surface area contributed by atoms with Gasteiger partial charge >= 0.3 is 0 Å². The van der Waals surface area contributed by atoms with E-state index < -0.39 is 6.10 Å². The van der Waals surface area contributed by atoms with Crippen LogP contribution in [0.2, 0.25) is 0 Å². The topological polar surface area (TPSA) is 47.9 Å². The fourth-order valence-electron chi connectivity index (χ4n) is 2.79. The van der Waals surface area contributed by atoms with Gasteiger partial charge in [-0.25, -0.2) is 0 Å². The molecule has 4 heteroatoms. The van der Waals surface area contributed by atoms with Crippen LogP contribution in [0.15, 0.2) is 67.3 Å². The summed E-state index contributed by atoms with van der Waals surface area (Å²) in [5.74, 6) is 0.816. The SMILES string of the molecule is C=CC[C@H](O)C[C@@H](OCc1ccc(OC)cc1)[C@H](C)OCc1ccccc1. The largest absolute Gasteiger partial charge is 0.497 e. The minimum Gasteiger partial charge on any atom is -0.497 e. The van der Waals surface area contributed by atoms with Gasteiger partial charge in [0.25, 0.3) is 0 Å². The van der Waals surface area contributed by atoms with Gasteiger partial charge in [-0.05, 0) is 36.6 Å². The van der Waals surface area contributed by atoms with Crippen LogP contribution in [-0.2, 0) is 22.7 Å². The van der Waals surface area contributed by atoms with Crippen molar-refractivity contribution in [2.24, 2.45) is 0 Å². The molecule has 0 saturated heterocycles. The second kappa shape index (κ2) is 11.5. The van der Waals surface area contributed by atoms with Crippen LogP contribution in [-0.4, -0.2) is 30.5 Å². The molecule has 0 unspecified atom stereocenters. The highest BCUT2D eigenvalue weighted by molar-refractivity contribution is 5.26. The van der Waals surface area contributed by atoms with Gasteiger partial charge in [-0.1, -0.05) is 48.5 Å². The molecule has 146 valence electrons. The normalized spacial score (nSPS) is 14.3. The van der Waals surface area contributed by atoms with E-state index in [1.165, 1.54) is 0 Å². The summed E-state index contributed by atoms with van der Waals surface area (Å²) in [7, 11) is 1.65. The molecule has 0 radical (unpaired) electrons. The number of hydrogen-bond acceptors (Lipinski definition) is 4. The van der Waals surface area contributed by atoms with Gasteiger partial charge in [-0.15, -0.1) is 6.58 Å². The Morgan fingerprint density at radius 3 is 2.22 bits per heavy atom. The first-order chi connectivity index (χ1) is 13.1. The van der Waals surface area contributed by atoms with Gasteiger partial charge in [0, 0.05) is 6.42 Å². The van der Waals surface area contributed by atoms with Crippen molar-refractivity contribution < 1.29 is 19.3 Å². The number of aliphatic hydroxyl groups excluding tert-OH is 1. The summed E-state index contributed by atoms with van der Waals surface area (Å²) >= 11 is 0. The average Bonchev–Trinajstić information content (AvgIpc) is 2.70. The molecule has 0 fully saturated rings. The quantitative estimate of drug-likeness (QED) is 0.558. The first-order valence-corrected chi connectivity index (χ1v) is 9.31. The molecule has 2 aromatic carbocycles. The van der Waals surface area contributed by atoms with E-state index in [1.807, 2.05) is 61.5 Å². The van der Waals surface area contributed by atoms with Crippen molar-refractivity contribution in [3.63, 3.8) is 0 Å². The Labute approximate surface area is 162 Å². The van der Waals surface area contributed by atoms with Crippen molar-refractivity contribution in [3.8, 4) is 5.75 Å². The molecule has 0 saturated carbocycles. The maximum atomic E-state index is 10.2. The predicted molar refractivity (Wildman–Crippen MR) is 108 cm³/mol. The summed E-state index contributed by atoms with van der Waals surface area (Å²) in [6, 6.07) is 17.8. The third-order valence-corrected chi connectivity index (χ3v) is 4.45. The molecule has 0 spiro atoms. The number of methoxy groups -OCH3 is 1. The summed E-state index contributed by atoms with van der Waals surface area (Å²) in [6.45, 7) is 6.65. The van der Waals surface area contributed by atoms with E-state index in [9.17, 15) is 5.11 Å². The third-order valence-electron chi connectivity index (χ3n) is 4.45. The van der Waals surface area contributed by atoms with E-state index in [2.05, 4.69) is 6.58 Å². The van der Waals surface area contributed by atoms with Crippen molar-refractivity contribution >= 4 is 0 Å². The lowest BCUT2D eigenvalue weighted by Gasteiger charge is -2.26. The summed E-state index contributed by atoms with van der Waals surface area (Å²) < 4.78 is 17.3. The third kappa shape index (κ3) is 7.55. The van der Waals surface area contributed by atoms with Crippen molar-refractivity contribution in [2.75, 3.05) is 7.11 Å². The van der Waals surface area contributed by atoms with Crippen molar-refractivity contribution in [1.29, 1.82) is 0 Å². The molecule has 0 amide bonds. The zero-order chi connectivity index (χ0) is 19.5. The molecular weight excluding hydrogens is 340 g/mol. The van der Waals surface area contributed by atoms with Crippen LogP contribution < -0.4 is 4.74 Å². The second-order valence-corrected chi connectivity index (χ2v) is 6.61. The fraction of sp³-hybridized carbons (Fsp3) is 0.391. The van der Waals surface area contributed by atoms with E-state index in [0.717, 1.165) is 16.9 Å². The van der Waals surface area contributed by atoms with E-state index in [0.29, 0.717) is 26.1 Å². The van der Waals surface area contributed by atoms with E-state index >= 15 is 0 Å². The van der Waals surface area contributed by atoms with Crippen LogP contribution in [0.4, 0.5) is 0 Å². The molecule has 1 N–H and O–H groups in total. The van der Waals surface area contributed by atoms with Gasteiger partial charge < -0.3 is 19.3 Å². The maximum Gasteiger partial charge on any atom is 0.118 e. The first-order valence-electron chi connectivity index (χ1n) is 9.31. The van der Waals surface area contributed by atoms with Gasteiger partial charge in [-0.3, -0.25) is 0 Å². The minimum atomic E-state index is -0.494. The molecule has 3 atom stereocenters. The summed E-state index contributed by atoms with van der Waals surface area (Å²) in [6.07, 6.45) is 1.90. The van der Waals surface area contributed by atoms with Gasteiger partial charge in [0.15, 0.2) is 0 Å². The van der Waals surface area contributed by atoms with Crippen LogP contribution in [0.5, 0.6) is 5.75 Å². The van der Waals surface area contributed by atoms with Gasteiger partial charge in [0.2, 0.25) is 0 Å². The van der Waals surface area contributed by atoms with Crippen LogP contribution in [0.25, 0.3) is 0 Å². The molecular formula is C23H30O4. The van der Waals surface area contributed by atoms with E-state index in [4.69, 9.17) is 14.2 Å². The van der Waals surface area contributed by atoms with Gasteiger partial charge in [0.1, 0.15) is 5.75 Å². The molecule has 27 heavy (non-hydrogen) atoms. The highest BCUT2D eigenvalue weighted by Crippen LogP contribution is 2.18. The van der Waals surface area contributed by atoms with Crippen molar-refractivity contribution in [3.05, 3.63) is 78.4 Å². The van der Waals surface area contributed by atoms with Crippen LogP contribution in [0.3, 0.4) is 0 Å². The van der Waals surface area contributed by atoms with E-state index in [1.54, 1.807) is 13.2 Å². The Hall–Kier alpha value is -2.14. The van der Waals surface area contributed by atoms with Gasteiger partial charge in [-0.2, -0.15) is 0 Å². The lowest BCUT2D eigenvalue weighted by molar-refractivity contribution is -0.0927. The molecule has 2 aromatic rings. The molecule has 0 aliphatic rings. The Kier molecular flexibility index (Phi) is 9.05. The summed E-state index contributed by atoms with van der Waals surface area (Å²) in [4.78, 5) is 0. The number of ether oxygens (including phenoxy) is 3. The van der Waals surface area contributed by atoms with Crippen LogP contribution in [0.1, 0.15) is 30.9 Å². The Balaban J connectivity index is 1.94. The standard InChI is InChI=1S/C23H30O4/c1-4-8-21(24)15-23(18(2)26-16-19-9-6-5-7-10-19)27-17-20-11-13-22(25-3)14-12-20/h4-7,9-14,18,21,23-24H,1,8,15-17H2,2-3H3/t18-,21-,23+/m0/s1. The molecule has 0 aromatic heterocycles. The highest BCUT2D eigenvalue weighted by Gasteiger charge is 2.22. The molecule has 0 heterocycles. The number of rotatable bonds is 12.